The number of hydrogen-bond donors (Lipinski definition) is 2. The first-order valence-corrected chi connectivity index (χ1v) is 7.97. The Hall–Kier alpha value is -1.71. The number of carbonyl (C=O) groups is 1. The first kappa shape index (κ1) is 15.7. The molecule has 1 amide bonds. The van der Waals surface area contributed by atoms with E-state index in [1.165, 1.54) is 19.3 Å². The highest BCUT2D eigenvalue weighted by Gasteiger charge is 2.24. The molecule has 0 atom stereocenters. The van der Waals surface area contributed by atoms with Crippen LogP contribution >= 0.6 is 0 Å². The van der Waals surface area contributed by atoms with Crippen LogP contribution in [0.1, 0.15) is 56.3 Å². The SMILES string of the molecule is CCOc1cccc(N)c1C(=O)NC1CCC(CC)CC1. The fraction of sp³-hybridized carbons (Fsp3) is 0.588. The molecule has 0 heterocycles. The summed E-state index contributed by atoms with van der Waals surface area (Å²) in [6, 6.07) is 5.60. The third-order valence-electron chi connectivity index (χ3n) is 4.34. The summed E-state index contributed by atoms with van der Waals surface area (Å²) in [5.74, 6) is 1.27. The van der Waals surface area contributed by atoms with Gasteiger partial charge in [0, 0.05) is 11.7 Å². The Labute approximate surface area is 127 Å². The average molecular weight is 290 g/mol. The van der Waals surface area contributed by atoms with Crippen LogP contribution in [-0.4, -0.2) is 18.6 Å². The molecule has 2 rings (SSSR count). The zero-order chi connectivity index (χ0) is 15.2. The molecule has 116 valence electrons. The van der Waals surface area contributed by atoms with Gasteiger partial charge in [0.25, 0.3) is 5.91 Å². The third kappa shape index (κ3) is 3.90. The molecule has 0 radical (unpaired) electrons. The van der Waals surface area contributed by atoms with E-state index in [1.54, 1.807) is 12.1 Å². The Morgan fingerprint density at radius 2 is 2.00 bits per heavy atom. The van der Waals surface area contributed by atoms with Gasteiger partial charge < -0.3 is 15.8 Å². The van der Waals surface area contributed by atoms with Crippen molar-refractivity contribution in [3.8, 4) is 5.75 Å². The van der Waals surface area contributed by atoms with Crippen LogP contribution in [0, 0.1) is 5.92 Å². The lowest BCUT2D eigenvalue weighted by Gasteiger charge is -2.28. The largest absolute Gasteiger partial charge is 0.493 e. The number of nitrogens with two attached hydrogens (primary N) is 1. The predicted octanol–water partition coefficient (Wildman–Crippen LogP) is 3.37. The van der Waals surface area contributed by atoms with Crippen molar-refractivity contribution in [3.05, 3.63) is 23.8 Å². The molecular weight excluding hydrogens is 264 g/mol. The molecule has 4 nitrogen and oxygen atoms in total. The summed E-state index contributed by atoms with van der Waals surface area (Å²) in [4.78, 5) is 12.5. The Bertz CT molecular complexity index is 480. The summed E-state index contributed by atoms with van der Waals surface area (Å²) in [5, 5.41) is 3.12. The van der Waals surface area contributed by atoms with Gasteiger partial charge in [0.1, 0.15) is 11.3 Å². The third-order valence-corrected chi connectivity index (χ3v) is 4.34. The van der Waals surface area contributed by atoms with Gasteiger partial charge in [-0.3, -0.25) is 4.79 Å². The van der Waals surface area contributed by atoms with E-state index in [9.17, 15) is 4.79 Å². The maximum Gasteiger partial charge on any atom is 0.257 e. The molecule has 1 saturated carbocycles. The Balaban J connectivity index is 2.04. The summed E-state index contributed by atoms with van der Waals surface area (Å²) in [5.41, 5.74) is 6.90. The van der Waals surface area contributed by atoms with Crippen LogP contribution in [0.25, 0.3) is 0 Å². The van der Waals surface area contributed by atoms with Crippen LogP contribution in [0.15, 0.2) is 18.2 Å². The van der Waals surface area contributed by atoms with Gasteiger partial charge in [-0.1, -0.05) is 19.4 Å². The summed E-state index contributed by atoms with van der Waals surface area (Å²) in [6.45, 7) is 4.66. The van der Waals surface area contributed by atoms with Gasteiger partial charge in [0.05, 0.1) is 6.61 Å². The van der Waals surface area contributed by atoms with Gasteiger partial charge in [0.15, 0.2) is 0 Å². The Morgan fingerprint density at radius 1 is 1.29 bits per heavy atom. The van der Waals surface area contributed by atoms with Gasteiger partial charge in [-0.2, -0.15) is 0 Å². The second-order valence-electron chi connectivity index (χ2n) is 5.75. The maximum atomic E-state index is 12.5. The molecule has 0 saturated heterocycles. The summed E-state index contributed by atoms with van der Waals surface area (Å²) in [7, 11) is 0. The number of ether oxygens (including phenoxy) is 1. The average Bonchev–Trinajstić information content (AvgIpc) is 2.48. The number of amides is 1. The van der Waals surface area contributed by atoms with Gasteiger partial charge >= 0.3 is 0 Å². The number of rotatable bonds is 5. The molecule has 4 heteroatoms. The molecule has 1 aromatic rings. The van der Waals surface area contributed by atoms with E-state index in [-0.39, 0.29) is 11.9 Å². The highest BCUT2D eigenvalue weighted by Crippen LogP contribution is 2.28. The van der Waals surface area contributed by atoms with Gasteiger partial charge in [0.2, 0.25) is 0 Å². The quantitative estimate of drug-likeness (QED) is 0.817. The topological polar surface area (TPSA) is 64.3 Å². The monoisotopic (exact) mass is 290 g/mol. The smallest absolute Gasteiger partial charge is 0.257 e. The maximum absolute atomic E-state index is 12.5. The Kier molecular flexibility index (Phi) is 5.48. The van der Waals surface area contributed by atoms with Crippen molar-refractivity contribution in [1.29, 1.82) is 0 Å². The molecule has 1 fully saturated rings. The lowest BCUT2D eigenvalue weighted by atomic mass is 9.84. The van der Waals surface area contributed by atoms with Crippen molar-refractivity contribution in [2.24, 2.45) is 5.92 Å². The van der Waals surface area contributed by atoms with E-state index in [2.05, 4.69) is 12.2 Å². The molecule has 0 spiro atoms. The number of benzene rings is 1. The van der Waals surface area contributed by atoms with E-state index in [0.717, 1.165) is 18.8 Å². The van der Waals surface area contributed by atoms with Crippen molar-refractivity contribution in [1.82, 2.24) is 5.32 Å². The number of anilines is 1. The van der Waals surface area contributed by atoms with Gasteiger partial charge in [-0.05, 0) is 50.7 Å². The zero-order valence-corrected chi connectivity index (χ0v) is 13.0. The highest BCUT2D eigenvalue weighted by atomic mass is 16.5. The highest BCUT2D eigenvalue weighted by molar-refractivity contribution is 6.02. The molecule has 0 bridgehead atoms. The van der Waals surface area contributed by atoms with Crippen molar-refractivity contribution in [3.63, 3.8) is 0 Å². The minimum absolute atomic E-state index is 0.114. The van der Waals surface area contributed by atoms with Crippen molar-refractivity contribution >= 4 is 11.6 Å². The minimum Gasteiger partial charge on any atom is -0.493 e. The lowest BCUT2D eigenvalue weighted by Crippen LogP contribution is -2.38. The molecule has 1 aromatic carbocycles. The second kappa shape index (κ2) is 7.34. The minimum atomic E-state index is -0.114. The van der Waals surface area contributed by atoms with Crippen LogP contribution < -0.4 is 15.8 Å². The molecular formula is C17H26N2O2. The number of carbonyl (C=O) groups excluding carboxylic acids is 1. The number of nitrogens with one attached hydrogen (secondary N) is 1. The van der Waals surface area contributed by atoms with Crippen LogP contribution in [0.2, 0.25) is 0 Å². The molecule has 0 aliphatic heterocycles. The number of hydrogen-bond acceptors (Lipinski definition) is 3. The first-order valence-electron chi connectivity index (χ1n) is 7.97. The fourth-order valence-corrected chi connectivity index (χ4v) is 3.04. The summed E-state index contributed by atoms with van der Waals surface area (Å²) >= 11 is 0. The summed E-state index contributed by atoms with van der Waals surface area (Å²) in [6.07, 6.45) is 5.75. The molecule has 0 unspecified atom stereocenters. The van der Waals surface area contributed by atoms with E-state index < -0.39 is 0 Å². The normalized spacial score (nSPS) is 21.8. The van der Waals surface area contributed by atoms with Crippen molar-refractivity contribution in [2.45, 2.75) is 52.0 Å². The fourth-order valence-electron chi connectivity index (χ4n) is 3.04. The van der Waals surface area contributed by atoms with Gasteiger partial charge in [-0.25, -0.2) is 0 Å². The molecule has 1 aliphatic carbocycles. The second-order valence-corrected chi connectivity index (χ2v) is 5.75. The standard InChI is InChI=1S/C17H26N2O2/c1-3-12-8-10-13(11-9-12)19-17(20)16-14(18)6-5-7-15(16)21-4-2/h5-7,12-13H,3-4,8-11,18H2,1-2H3,(H,19,20). The molecule has 3 N–H and O–H groups in total. The van der Waals surface area contributed by atoms with Crippen LogP contribution in [-0.2, 0) is 0 Å². The van der Waals surface area contributed by atoms with Crippen LogP contribution in [0.4, 0.5) is 5.69 Å². The first-order chi connectivity index (χ1) is 10.2. The summed E-state index contributed by atoms with van der Waals surface area (Å²) < 4.78 is 5.52. The van der Waals surface area contributed by atoms with E-state index >= 15 is 0 Å². The number of nitrogen functional groups attached to an aromatic ring is 1. The molecule has 1 aliphatic rings. The Morgan fingerprint density at radius 3 is 2.62 bits per heavy atom. The van der Waals surface area contributed by atoms with Crippen LogP contribution in [0.5, 0.6) is 5.75 Å². The van der Waals surface area contributed by atoms with E-state index in [0.29, 0.717) is 23.6 Å². The van der Waals surface area contributed by atoms with Crippen molar-refractivity contribution < 1.29 is 9.53 Å². The van der Waals surface area contributed by atoms with Crippen LogP contribution in [0.3, 0.4) is 0 Å². The molecule has 0 aromatic heterocycles. The zero-order valence-electron chi connectivity index (χ0n) is 13.0. The molecule has 21 heavy (non-hydrogen) atoms. The predicted molar refractivity (Wildman–Crippen MR) is 85.5 cm³/mol. The van der Waals surface area contributed by atoms with E-state index in [1.807, 2.05) is 13.0 Å². The van der Waals surface area contributed by atoms with Crippen molar-refractivity contribution in [2.75, 3.05) is 12.3 Å². The lowest BCUT2D eigenvalue weighted by molar-refractivity contribution is 0.0919. The van der Waals surface area contributed by atoms with E-state index in [4.69, 9.17) is 10.5 Å². The van der Waals surface area contributed by atoms with Gasteiger partial charge in [-0.15, -0.1) is 0 Å².